The van der Waals surface area contributed by atoms with Gasteiger partial charge >= 0.3 is 0 Å². The van der Waals surface area contributed by atoms with Crippen LogP contribution in [0, 0.1) is 0 Å². The van der Waals surface area contributed by atoms with Gasteiger partial charge in [-0.3, -0.25) is 4.79 Å². The van der Waals surface area contributed by atoms with E-state index >= 15 is 0 Å². The second kappa shape index (κ2) is 5.78. The van der Waals surface area contributed by atoms with E-state index in [4.69, 9.17) is 4.98 Å². The molecule has 1 spiro atoms. The van der Waals surface area contributed by atoms with Crippen molar-refractivity contribution in [2.75, 3.05) is 5.32 Å². The molecule has 1 atom stereocenters. The number of hydrogen-bond donors (Lipinski definition) is 2. The van der Waals surface area contributed by atoms with E-state index in [0.29, 0.717) is 25.2 Å². The Balaban J connectivity index is 1.25. The predicted octanol–water partition coefficient (Wildman–Crippen LogP) is 3.34. The van der Waals surface area contributed by atoms with Crippen LogP contribution in [-0.2, 0) is 29.6 Å². The van der Waals surface area contributed by atoms with Crippen molar-refractivity contribution in [3.63, 3.8) is 0 Å². The number of nitrogens with zero attached hydrogens (tertiary/aromatic N) is 4. The largest absolute Gasteiger partial charge is 0.340 e. The highest BCUT2D eigenvalue weighted by atomic mass is 16.2. The van der Waals surface area contributed by atoms with Gasteiger partial charge in [0.25, 0.3) is 0 Å². The fourth-order valence-electron chi connectivity index (χ4n) is 5.20. The van der Waals surface area contributed by atoms with Crippen molar-refractivity contribution in [2.24, 2.45) is 0 Å². The van der Waals surface area contributed by atoms with E-state index < -0.39 is 5.41 Å². The molecule has 0 saturated carbocycles. The Kier molecular flexibility index (Phi) is 3.13. The average Bonchev–Trinajstić information content (AvgIpc) is 3.52. The highest BCUT2D eigenvalue weighted by Crippen LogP contribution is 2.47. The van der Waals surface area contributed by atoms with Crippen LogP contribution in [0.2, 0.25) is 0 Å². The van der Waals surface area contributed by atoms with E-state index in [1.807, 2.05) is 36.7 Å². The van der Waals surface area contributed by atoms with Gasteiger partial charge < -0.3 is 14.9 Å². The third kappa shape index (κ3) is 2.28. The summed E-state index contributed by atoms with van der Waals surface area (Å²) >= 11 is 0. The van der Waals surface area contributed by atoms with Gasteiger partial charge in [0.1, 0.15) is 11.6 Å². The standard InChI is InChI=1S/C24H18N6O/c31-23-24(16-4-3-7-25-22(16)29-23)10-14-8-18-19(9-15(14)11-24)28-21(27-18)12-30-13-26-17-5-1-2-6-20(17)30/h1-9,13H,10-12H2,(H,27,28)(H,25,29,31). The molecular weight excluding hydrogens is 388 g/mol. The number of imidazole rings is 2. The summed E-state index contributed by atoms with van der Waals surface area (Å²) in [5.74, 6) is 1.63. The maximum atomic E-state index is 12.9. The van der Waals surface area contributed by atoms with Crippen LogP contribution in [0.15, 0.2) is 61.1 Å². The molecule has 1 aliphatic heterocycles. The summed E-state index contributed by atoms with van der Waals surface area (Å²) in [7, 11) is 0. The van der Waals surface area contributed by atoms with Gasteiger partial charge in [-0.15, -0.1) is 0 Å². The van der Waals surface area contributed by atoms with Crippen molar-refractivity contribution < 1.29 is 4.79 Å². The third-order valence-corrected chi connectivity index (χ3v) is 6.67. The van der Waals surface area contributed by atoms with Crippen LogP contribution in [0.5, 0.6) is 0 Å². The van der Waals surface area contributed by atoms with E-state index in [9.17, 15) is 4.79 Å². The SMILES string of the molecule is O=C1Nc2ncccc2C12Cc1cc3nc(Cn4cnc5ccccc54)[nH]c3cc1C2. The number of hydrogen-bond acceptors (Lipinski definition) is 4. The number of anilines is 1. The number of amides is 1. The summed E-state index contributed by atoms with van der Waals surface area (Å²) < 4.78 is 2.10. The smallest absolute Gasteiger partial charge is 0.237 e. The fourth-order valence-corrected chi connectivity index (χ4v) is 5.20. The number of carbonyl (C=O) groups is 1. The van der Waals surface area contributed by atoms with Gasteiger partial charge in [-0.2, -0.15) is 0 Å². The molecule has 0 saturated heterocycles. The molecule has 3 aromatic heterocycles. The lowest BCUT2D eigenvalue weighted by Crippen LogP contribution is -2.35. The van der Waals surface area contributed by atoms with Crippen molar-refractivity contribution in [3.8, 4) is 0 Å². The van der Waals surface area contributed by atoms with Gasteiger partial charge in [-0.25, -0.2) is 15.0 Å². The molecule has 2 aromatic carbocycles. The summed E-state index contributed by atoms with van der Waals surface area (Å²) in [6.07, 6.45) is 4.94. The minimum atomic E-state index is -0.552. The molecule has 0 bridgehead atoms. The molecule has 7 heteroatoms. The Morgan fingerprint density at radius 2 is 1.87 bits per heavy atom. The lowest BCUT2D eigenvalue weighted by Gasteiger charge is -2.20. The molecule has 31 heavy (non-hydrogen) atoms. The summed E-state index contributed by atoms with van der Waals surface area (Å²) in [6, 6.07) is 16.3. The van der Waals surface area contributed by atoms with Gasteiger partial charge in [0.2, 0.25) is 5.91 Å². The highest BCUT2D eigenvalue weighted by molar-refractivity contribution is 6.06. The second-order valence-corrected chi connectivity index (χ2v) is 8.47. The molecule has 0 radical (unpaired) electrons. The number of carbonyl (C=O) groups excluding carboxylic acids is 1. The second-order valence-electron chi connectivity index (χ2n) is 8.47. The van der Waals surface area contributed by atoms with Crippen molar-refractivity contribution in [1.29, 1.82) is 0 Å². The zero-order chi connectivity index (χ0) is 20.6. The molecule has 4 heterocycles. The van der Waals surface area contributed by atoms with E-state index in [0.717, 1.165) is 33.5 Å². The van der Waals surface area contributed by atoms with Crippen molar-refractivity contribution in [1.82, 2.24) is 24.5 Å². The van der Waals surface area contributed by atoms with E-state index in [-0.39, 0.29) is 5.91 Å². The molecule has 7 nitrogen and oxygen atoms in total. The number of aromatic amines is 1. The van der Waals surface area contributed by atoms with Crippen molar-refractivity contribution in [3.05, 3.63) is 83.6 Å². The summed E-state index contributed by atoms with van der Waals surface area (Å²) in [6.45, 7) is 0.630. The first-order valence-electron chi connectivity index (χ1n) is 10.4. The zero-order valence-corrected chi connectivity index (χ0v) is 16.6. The molecule has 7 rings (SSSR count). The molecule has 2 aliphatic rings. The quantitative estimate of drug-likeness (QED) is 0.471. The molecule has 1 amide bonds. The predicted molar refractivity (Wildman–Crippen MR) is 117 cm³/mol. The lowest BCUT2D eigenvalue weighted by molar-refractivity contribution is -0.120. The van der Waals surface area contributed by atoms with Gasteiger partial charge in [0.15, 0.2) is 0 Å². The third-order valence-electron chi connectivity index (χ3n) is 6.67. The van der Waals surface area contributed by atoms with Crippen LogP contribution >= 0.6 is 0 Å². The van der Waals surface area contributed by atoms with E-state index in [1.54, 1.807) is 6.20 Å². The monoisotopic (exact) mass is 406 g/mol. The van der Waals surface area contributed by atoms with Gasteiger partial charge in [0, 0.05) is 11.8 Å². The van der Waals surface area contributed by atoms with Gasteiger partial charge in [-0.05, 0) is 54.3 Å². The summed E-state index contributed by atoms with van der Waals surface area (Å²) in [4.78, 5) is 30.0. The molecule has 1 aliphatic carbocycles. The number of aromatic nitrogens is 5. The first kappa shape index (κ1) is 16.8. The average molecular weight is 406 g/mol. The number of rotatable bonds is 2. The van der Waals surface area contributed by atoms with Crippen LogP contribution in [0.4, 0.5) is 5.82 Å². The minimum Gasteiger partial charge on any atom is -0.340 e. The van der Waals surface area contributed by atoms with Crippen LogP contribution in [0.3, 0.4) is 0 Å². The minimum absolute atomic E-state index is 0.0432. The molecule has 150 valence electrons. The number of nitrogens with one attached hydrogen (secondary N) is 2. The Hall–Kier alpha value is -4.00. The molecule has 5 aromatic rings. The van der Waals surface area contributed by atoms with Crippen LogP contribution in [-0.4, -0.2) is 30.4 Å². The highest BCUT2D eigenvalue weighted by Gasteiger charge is 2.51. The van der Waals surface area contributed by atoms with Crippen molar-refractivity contribution in [2.45, 2.75) is 24.8 Å². The molecule has 0 fully saturated rings. The topological polar surface area (TPSA) is 88.5 Å². The maximum absolute atomic E-state index is 12.9. The Morgan fingerprint density at radius 3 is 2.81 bits per heavy atom. The number of pyridine rings is 1. The molecule has 1 unspecified atom stereocenters. The summed E-state index contributed by atoms with van der Waals surface area (Å²) in [5.41, 5.74) is 6.83. The molecular formula is C24H18N6O. The number of benzene rings is 2. The number of fused-ring (bicyclic) bond motifs is 5. The zero-order valence-electron chi connectivity index (χ0n) is 16.6. The Bertz CT molecular complexity index is 1480. The normalized spacial score (nSPS) is 16.2. The first-order chi connectivity index (χ1) is 15.2. The number of para-hydroxylation sites is 2. The molecule has 2 N–H and O–H groups in total. The van der Waals surface area contributed by atoms with Crippen LogP contribution in [0.1, 0.15) is 22.5 Å². The lowest BCUT2D eigenvalue weighted by atomic mass is 9.79. The van der Waals surface area contributed by atoms with E-state index in [1.165, 1.54) is 11.1 Å². The van der Waals surface area contributed by atoms with Crippen LogP contribution in [0.25, 0.3) is 22.1 Å². The van der Waals surface area contributed by atoms with Gasteiger partial charge in [-0.1, -0.05) is 18.2 Å². The van der Waals surface area contributed by atoms with Crippen LogP contribution < -0.4 is 5.32 Å². The van der Waals surface area contributed by atoms with Crippen molar-refractivity contribution >= 4 is 33.8 Å². The first-order valence-corrected chi connectivity index (χ1v) is 10.4. The Labute approximate surface area is 177 Å². The van der Waals surface area contributed by atoms with Gasteiger partial charge in [0.05, 0.1) is 40.4 Å². The fraction of sp³-hybridized carbons (Fsp3) is 0.167. The maximum Gasteiger partial charge on any atom is 0.237 e. The number of H-pyrrole nitrogens is 1. The van der Waals surface area contributed by atoms with E-state index in [2.05, 4.69) is 43.0 Å². The Morgan fingerprint density at radius 1 is 1.00 bits per heavy atom. The summed E-state index contributed by atoms with van der Waals surface area (Å²) in [5, 5.41) is 2.97.